The van der Waals surface area contributed by atoms with Gasteiger partial charge >= 0.3 is 0 Å². The summed E-state index contributed by atoms with van der Waals surface area (Å²) < 4.78 is 11.5. The summed E-state index contributed by atoms with van der Waals surface area (Å²) in [4.78, 5) is 0. The van der Waals surface area contributed by atoms with Crippen molar-refractivity contribution in [2.75, 3.05) is 6.61 Å². The molecule has 0 aliphatic carbocycles. The van der Waals surface area contributed by atoms with Crippen molar-refractivity contribution < 1.29 is 14.6 Å². The van der Waals surface area contributed by atoms with Crippen LogP contribution < -0.4 is 0 Å². The first kappa shape index (κ1) is 12.4. The molecule has 0 saturated carbocycles. The normalized spacial score (nSPS) is 27.5. The van der Waals surface area contributed by atoms with Gasteiger partial charge < -0.3 is 14.6 Å². The molecule has 1 saturated heterocycles. The summed E-state index contributed by atoms with van der Waals surface area (Å²) in [5, 5.41) is 9.31. The minimum absolute atomic E-state index is 0.0505. The molecule has 0 amide bonds. The molecule has 1 aliphatic rings. The molecule has 3 heteroatoms. The van der Waals surface area contributed by atoms with E-state index in [2.05, 4.69) is 13.2 Å². The van der Waals surface area contributed by atoms with Gasteiger partial charge in [-0.25, -0.2) is 0 Å². The standard InChI is InChI=1S/C12H20O3/c1-5-7-12(8-6-2)10(9-13)14-11(3,4)15-12/h5-6,10,13H,1-2,7-9H2,3-4H3/t10-/m1/s1. The third-order valence-electron chi connectivity index (χ3n) is 2.61. The van der Waals surface area contributed by atoms with E-state index in [9.17, 15) is 5.11 Å². The Morgan fingerprint density at radius 1 is 1.27 bits per heavy atom. The van der Waals surface area contributed by atoms with Crippen LogP contribution in [0.25, 0.3) is 0 Å². The predicted octanol–water partition coefficient (Wildman–Crippen LogP) is 2.02. The lowest BCUT2D eigenvalue weighted by molar-refractivity contribution is -0.163. The summed E-state index contributed by atoms with van der Waals surface area (Å²) in [7, 11) is 0. The number of aliphatic hydroxyl groups excluding tert-OH is 1. The Balaban J connectivity index is 2.93. The van der Waals surface area contributed by atoms with Crippen molar-refractivity contribution in [2.24, 2.45) is 0 Å². The number of ether oxygens (including phenoxy) is 2. The smallest absolute Gasteiger partial charge is 0.164 e. The van der Waals surface area contributed by atoms with Crippen LogP contribution in [0.5, 0.6) is 0 Å². The molecule has 15 heavy (non-hydrogen) atoms. The number of hydrogen-bond donors (Lipinski definition) is 1. The molecule has 0 bridgehead atoms. The average molecular weight is 212 g/mol. The molecular formula is C12H20O3. The monoisotopic (exact) mass is 212 g/mol. The molecule has 0 unspecified atom stereocenters. The van der Waals surface area contributed by atoms with Crippen molar-refractivity contribution in [3.8, 4) is 0 Å². The highest BCUT2D eigenvalue weighted by Gasteiger charge is 2.51. The van der Waals surface area contributed by atoms with Crippen LogP contribution in [0.4, 0.5) is 0 Å². The maximum absolute atomic E-state index is 9.31. The van der Waals surface area contributed by atoms with Gasteiger partial charge in [-0.2, -0.15) is 0 Å². The van der Waals surface area contributed by atoms with Gasteiger partial charge in [0, 0.05) is 0 Å². The fourth-order valence-electron chi connectivity index (χ4n) is 2.15. The molecule has 1 heterocycles. The van der Waals surface area contributed by atoms with Gasteiger partial charge in [0.2, 0.25) is 0 Å². The second-order valence-corrected chi connectivity index (χ2v) is 4.34. The molecule has 0 aromatic rings. The third-order valence-corrected chi connectivity index (χ3v) is 2.61. The van der Waals surface area contributed by atoms with Crippen LogP contribution in [0.3, 0.4) is 0 Å². The SMILES string of the molecule is C=CCC1(CC=C)OC(C)(C)O[C@@H]1CO. The Kier molecular flexibility index (Phi) is 3.71. The van der Waals surface area contributed by atoms with Crippen LogP contribution in [-0.4, -0.2) is 29.2 Å². The van der Waals surface area contributed by atoms with E-state index >= 15 is 0 Å². The van der Waals surface area contributed by atoms with E-state index in [1.165, 1.54) is 0 Å². The quantitative estimate of drug-likeness (QED) is 0.709. The molecular weight excluding hydrogens is 192 g/mol. The molecule has 0 spiro atoms. The van der Waals surface area contributed by atoms with Crippen LogP contribution in [0.15, 0.2) is 25.3 Å². The van der Waals surface area contributed by atoms with Gasteiger partial charge in [-0.3, -0.25) is 0 Å². The Morgan fingerprint density at radius 2 is 1.80 bits per heavy atom. The fraction of sp³-hybridized carbons (Fsp3) is 0.667. The van der Waals surface area contributed by atoms with E-state index < -0.39 is 11.4 Å². The van der Waals surface area contributed by atoms with E-state index in [1.807, 2.05) is 13.8 Å². The maximum atomic E-state index is 9.31. The van der Waals surface area contributed by atoms with Gasteiger partial charge in [0.25, 0.3) is 0 Å². The second kappa shape index (κ2) is 4.47. The summed E-state index contributed by atoms with van der Waals surface area (Å²) in [6.45, 7) is 11.1. The highest BCUT2D eigenvalue weighted by Crippen LogP contribution is 2.41. The first-order valence-corrected chi connectivity index (χ1v) is 5.20. The summed E-state index contributed by atoms with van der Waals surface area (Å²) in [5.74, 6) is -0.653. The first-order valence-electron chi connectivity index (χ1n) is 5.20. The average Bonchev–Trinajstić information content (AvgIpc) is 2.38. The zero-order valence-corrected chi connectivity index (χ0v) is 9.53. The van der Waals surface area contributed by atoms with Crippen LogP contribution in [0, 0.1) is 0 Å². The summed E-state index contributed by atoms with van der Waals surface area (Å²) in [6.07, 6.45) is 4.55. The zero-order valence-electron chi connectivity index (χ0n) is 9.53. The van der Waals surface area contributed by atoms with Crippen molar-refractivity contribution >= 4 is 0 Å². The van der Waals surface area contributed by atoms with Crippen molar-refractivity contribution in [2.45, 2.75) is 44.2 Å². The molecule has 0 aromatic heterocycles. The summed E-state index contributed by atoms with van der Waals surface area (Å²) >= 11 is 0. The number of aliphatic hydroxyl groups is 1. The maximum Gasteiger partial charge on any atom is 0.164 e. The first-order chi connectivity index (χ1) is 6.99. The van der Waals surface area contributed by atoms with Crippen LogP contribution in [0.2, 0.25) is 0 Å². The lowest BCUT2D eigenvalue weighted by atomic mass is 9.89. The second-order valence-electron chi connectivity index (χ2n) is 4.34. The van der Waals surface area contributed by atoms with E-state index in [0.717, 1.165) is 0 Å². The van der Waals surface area contributed by atoms with E-state index in [0.29, 0.717) is 12.8 Å². The molecule has 1 rings (SSSR count). The van der Waals surface area contributed by atoms with Crippen molar-refractivity contribution in [3.05, 3.63) is 25.3 Å². The molecule has 0 aromatic carbocycles. The minimum Gasteiger partial charge on any atom is -0.394 e. The highest BCUT2D eigenvalue weighted by atomic mass is 16.8. The van der Waals surface area contributed by atoms with Crippen molar-refractivity contribution in [1.29, 1.82) is 0 Å². The van der Waals surface area contributed by atoms with Crippen molar-refractivity contribution in [1.82, 2.24) is 0 Å². The Morgan fingerprint density at radius 3 is 2.20 bits per heavy atom. The van der Waals surface area contributed by atoms with Crippen molar-refractivity contribution in [3.63, 3.8) is 0 Å². The molecule has 86 valence electrons. The van der Waals surface area contributed by atoms with Gasteiger partial charge in [0.1, 0.15) is 11.7 Å². The largest absolute Gasteiger partial charge is 0.394 e. The number of hydrogen-bond acceptors (Lipinski definition) is 3. The molecule has 1 atom stereocenters. The third kappa shape index (κ3) is 2.48. The van der Waals surface area contributed by atoms with E-state index in [-0.39, 0.29) is 12.7 Å². The Hall–Kier alpha value is -0.640. The molecule has 1 N–H and O–H groups in total. The van der Waals surface area contributed by atoms with Gasteiger partial charge in [-0.05, 0) is 26.7 Å². The summed E-state index contributed by atoms with van der Waals surface area (Å²) in [6, 6.07) is 0. The Bertz CT molecular complexity index is 235. The molecule has 3 nitrogen and oxygen atoms in total. The van der Waals surface area contributed by atoms with Gasteiger partial charge in [0.05, 0.1) is 6.61 Å². The highest BCUT2D eigenvalue weighted by molar-refractivity contribution is 5.03. The predicted molar refractivity (Wildman–Crippen MR) is 59.5 cm³/mol. The van der Waals surface area contributed by atoms with Gasteiger partial charge in [0.15, 0.2) is 5.79 Å². The topological polar surface area (TPSA) is 38.7 Å². The summed E-state index contributed by atoms with van der Waals surface area (Å²) in [5.41, 5.74) is -0.512. The fourth-order valence-corrected chi connectivity index (χ4v) is 2.15. The van der Waals surface area contributed by atoms with E-state index in [4.69, 9.17) is 9.47 Å². The van der Waals surface area contributed by atoms with E-state index in [1.54, 1.807) is 12.2 Å². The molecule has 0 radical (unpaired) electrons. The lowest BCUT2D eigenvalue weighted by Gasteiger charge is -2.30. The number of rotatable bonds is 5. The minimum atomic E-state index is -0.653. The molecule has 1 aliphatic heterocycles. The van der Waals surface area contributed by atoms with Crippen LogP contribution in [0.1, 0.15) is 26.7 Å². The Labute approximate surface area is 91.4 Å². The van der Waals surface area contributed by atoms with Crippen LogP contribution >= 0.6 is 0 Å². The lowest BCUT2D eigenvalue weighted by Crippen LogP contribution is -2.41. The van der Waals surface area contributed by atoms with Gasteiger partial charge in [-0.15, -0.1) is 13.2 Å². The van der Waals surface area contributed by atoms with Crippen LogP contribution in [-0.2, 0) is 9.47 Å². The van der Waals surface area contributed by atoms with Gasteiger partial charge in [-0.1, -0.05) is 12.2 Å². The molecule has 1 fully saturated rings. The zero-order chi connectivity index (χ0) is 11.5.